The van der Waals surface area contributed by atoms with Crippen LogP contribution < -0.4 is 4.74 Å². The van der Waals surface area contributed by atoms with Crippen molar-refractivity contribution in [2.45, 2.75) is 19.4 Å². The molecule has 0 N–H and O–H groups in total. The van der Waals surface area contributed by atoms with Gasteiger partial charge in [-0.3, -0.25) is 4.98 Å². The number of rotatable bonds is 4. The van der Waals surface area contributed by atoms with E-state index in [2.05, 4.69) is 9.72 Å². The van der Waals surface area contributed by atoms with Crippen molar-refractivity contribution in [1.82, 2.24) is 4.98 Å². The van der Waals surface area contributed by atoms with Crippen LogP contribution in [0.25, 0.3) is 11.1 Å². The Morgan fingerprint density at radius 2 is 2.00 bits per heavy atom. The molecule has 0 radical (unpaired) electrons. The summed E-state index contributed by atoms with van der Waals surface area (Å²) in [6, 6.07) is 6.55. The lowest BCUT2D eigenvalue weighted by Crippen LogP contribution is -2.02. The molecule has 106 valence electrons. The van der Waals surface area contributed by atoms with E-state index < -0.39 is 6.61 Å². The highest BCUT2D eigenvalue weighted by Crippen LogP contribution is 2.32. The normalized spacial score (nSPS) is 10.9. The van der Waals surface area contributed by atoms with E-state index in [0.29, 0.717) is 11.4 Å². The van der Waals surface area contributed by atoms with Gasteiger partial charge >= 0.3 is 6.61 Å². The summed E-state index contributed by atoms with van der Waals surface area (Å²) in [4.78, 5) is 4.23. The number of halogens is 4. The Balaban J connectivity index is 2.42. The molecule has 1 aromatic heterocycles. The fourth-order valence-corrected chi connectivity index (χ4v) is 2.17. The second kappa shape index (κ2) is 6.37. The highest BCUT2D eigenvalue weighted by atomic mass is 35.5. The van der Waals surface area contributed by atoms with Crippen molar-refractivity contribution < 1.29 is 13.5 Å². The zero-order chi connectivity index (χ0) is 14.7. The van der Waals surface area contributed by atoms with E-state index in [1.165, 1.54) is 12.1 Å². The lowest BCUT2D eigenvalue weighted by molar-refractivity contribution is -0.0497. The molecule has 0 atom stereocenters. The van der Waals surface area contributed by atoms with Gasteiger partial charge in [0.15, 0.2) is 0 Å². The molecular weight excluding hydrogens is 307 g/mol. The molecule has 6 heteroatoms. The third-order valence-corrected chi connectivity index (χ3v) is 3.42. The Bertz CT molecular complexity index is 620. The molecule has 0 saturated carbocycles. The maximum atomic E-state index is 12.3. The Hall–Kier alpha value is -1.39. The topological polar surface area (TPSA) is 22.1 Å². The summed E-state index contributed by atoms with van der Waals surface area (Å²) in [5.41, 5.74) is 3.17. The lowest BCUT2D eigenvalue weighted by Gasteiger charge is -2.10. The Morgan fingerprint density at radius 3 is 2.65 bits per heavy atom. The summed E-state index contributed by atoms with van der Waals surface area (Å²) >= 11 is 11.6. The fourth-order valence-electron chi connectivity index (χ4n) is 1.74. The number of pyridine rings is 1. The molecule has 2 aromatic rings. The molecule has 0 fully saturated rings. The summed E-state index contributed by atoms with van der Waals surface area (Å²) in [7, 11) is 0. The molecule has 0 amide bonds. The van der Waals surface area contributed by atoms with E-state index in [4.69, 9.17) is 23.2 Å². The molecule has 1 heterocycles. The quantitative estimate of drug-likeness (QED) is 0.736. The number of aromatic nitrogens is 1. The van der Waals surface area contributed by atoms with Crippen LogP contribution in [0, 0.1) is 6.92 Å². The first-order valence-corrected chi connectivity index (χ1v) is 6.68. The molecule has 2 nitrogen and oxygen atoms in total. The molecule has 0 unspecified atom stereocenters. The van der Waals surface area contributed by atoms with E-state index in [1.54, 1.807) is 12.3 Å². The van der Waals surface area contributed by atoms with Gasteiger partial charge in [0.05, 0.1) is 5.02 Å². The Morgan fingerprint density at radius 1 is 1.25 bits per heavy atom. The summed E-state index contributed by atoms with van der Waals surface area (Å²) in [6.07, 6.45) is 1.65. The average Bonchev–Trinajstić information content (AvgIpc) is 2.41. The second-order valence-corrected chi connectivity index (χ2v) is 4.80. The van der Waals surface area contributed by atoms with Crippen molar-refractivity contribution >= 4 is 23.2 Å². The molecule has 20 heavy (non-hydrogen) atoms. The first-order valence-electron chi connectivity index (χ1n) is 5.77. The fraction of sp³-hybridized carbons (Fsp3) is 0.214. The number of hydrogen-bond donors (Lipinski definition) is 0. The molecule has 0 saturated heterocycles. The number of aryl methyl sites for hydroxylation is 1. The van der Waals surface area contributed by atoms with E-state index in [-0.39, 0.29) is 10.8 Å². The minimum Gasteiger partial charge on any atom is -0.433 e. The molecular formula is C14H11Cl2F2NO. The van der Waals surface area contributed by atoms with Crippen LogP contribution in [0.2, 0.25) is 5.02 Å². The van der Waals surface area contributed by atoms with Gasteiger partial charge in [0.1, 0.15) is 5.75 Å². The van der Waals surface area contributed by atoms with Crippen LogP contribution in [0.4, 0.5) is 8.78 Å². The van der Waals surface area contributed by atoms with Gasteiger partial charge in [-0.2, -0.15) is 8.78 Å². The maximum Gasteiger partial charge on any atom is 0.387 e. The number of hydrogen-bond acceptors (Lipinski definition) is 2. The first kappa shape index (κ1) is 15.0. The van der Waals surface area contributed by atoms with Gasteiger partial charge < -0.3 is 4.74 Å². The summed E-state index contributed by atoms with van der Waals surface area (Å²) in [6.45, 7) is -1.06. The molecule has 2 rings (SSSR count). The van der Waals surface area contributed by atoms with Crippen LogP contribution in [-0.4, -0.2) is 11.6 Å². The third kappa shape index (κ3) is 3.38. The summed E-state index contributed by atoms with van der Waals surface area (Å²) in [5.74, 6) is 0.271. The number of benzene rings is 1. The van der Waals surface area contributed by atoms with Gasteiger partial charge in [-0.1, -0.05) is 17.7 Å². The van der Waals surface area contributed by atoms with Gasteiger partial charge in [-0.15, -0.1) is 11.6 Å². The monoisotopic (exact) mass is 317 g/mol. The zero-order valence-corrected chi connectivity index (χ0v) is 12.1. The van der Waals surface area contributed by atoms with Crippen LogP contribution in [0.1, 0.15) is 11.3 Å². The van der Waals surface area contributed by atoms with Gasteiger partial charge in [0.2, 0.25) is 0 Å². The minimum atomic E-state index is -2.92. The molecule has 0 aliphatic rings. The molecule has 0 spiro atoms. The van der Waals surface area contributed by atoms with Crippen LogP contribution in [0.3, 0.4) is 0 Å². The number of ether oxygens (including phenoxy) is 1. The third-order valence-electron chi connectivity index (χ3n) is 2.82. The van der Waals surface area contributed by atoms with Crippen molar-refractivity contribution in [3.05, 3.63) is 46.7 Å². The largest absolute Gasteiger partial charge is 0.433 e. The summed E-state index contributed by atoms with van der Waals surface area (Å²) in [5, 5.41) is 0.131. The van der Waals surface area contributed by atoms with E-state index >= 15 is 0 Å². The van der Waals surface area contributed by atoms with Gasteiger partial charge in [-0.25, -0.2) is 0 Å². The van der Waals surface area contributed by atoms with Gasteiger partial charge in [0, 0.05) is 23.3 Å². The van der Waals surface area contributed by atoms with Gasteiger partial charge in [-0.05, 0) is 36.2 Å². The van der Waals surface area contributed by atoms with Crippen LogP contribution in [-0.2, 0) is 5.88 Å². The predicted octanol–water partition coefficient (Wildman–Crippen LogP) is 5.05. The SMILES string of the molecule is Cc1ncc(-c2ccc(Cl)c(OC(F)F)c2)cc1CCl. The average molecular weight is 318 g/mol. The van der Waals surface area contributed by atoms with Crippen molar-refractivity contribution in [3.8, 4) is 16.9 Å². The predicted molar refractivity (Wildman–Crippen MR) is 75.6 cm³/mol. The number of nitrogens with zero attached hydrogens (tertiary/aromatic N) is 1. The van der Waals surface area contributed by atoms with Crippen LogP contribution >= 0.6 is 23.2 Å². The molecule has 0 aliphatic carbocycles. The second-order valence-electron chi connectivity index (χ2n) is 4.13. The highest BCUT2D eigenvalue weighted by Gasteiger charge is 2.11. The van der Waals surface area contributed by atoms with Crippen molar-refractivity contribution in [3.63, 3.8) is 0 Å². The maximum absolute atomic E-state index is 12.3. The van der Waals surface area contributed by atoms with Crippen molar-refractivity contribution in [2.24, 2.45) is 0 Å². The van der Waals surface area contributed by atoms with Crippen LogP contribution in [0.5, 0.6) is 5.75 Å². The van der Waals surface area contributed by atoms with Crippen molar-refractivity contribution in [1.29, 1.82) is 0 Å². The molecule has 0 aliphatic heterocycles. The first-order chi connectivity index (χ1) is 9.51. The Kier molecular flexibility index (Phi) is 4.78. The zero-order valence-electron chi connectivity index (χ0n) is 10.5. The molecule has 1 aromatic carbocycles. The smallest absolute Gasteiger partial charge is 0.387 e. The van der Waals surface area contributed by atoms with E-state index in [9.17, 15) is 8.78 Å². The molecule has 0 bridgehead atoms. The van der Waals surface area contributed by atoms with Crippen molar-refractivity contribution in [2.75, 3.05) is 0 Å². The highest BCUT2D eigenvalue weighted by molar-refractivity contribution is 6.32. The number of alkyl halides is 3. The standard InChI is InChI=1S/C14H11Cl2F2NO/c1-8-10(6-15)4-11(7-19-8)9-2-3-12(16)13(5-9)20-14(17)18/h2-5,7,14H,6H2,1H3. The minimum absolute atomic E-state index is 0.0628. The van der Waals surface area contributed by atoms with E-state index in [1.807, 2.05) is 13.0 Å². The lowest BCUT2D eigenvalue weighted by atomic mass is 10.0. The van der Waals surface area contributed by atoms with Crippen LogP contribution in [0.15, 0.2) is 30.5 Å². The van der Waals surface area contributed by atoms with Gasteiger partial charge in [0.25, 0.3) is 0 Å². The summed E-state index contributed by atoms with van der Waals surface area (Å²) < 4.78 is 29.0. The van der Waals surface area contributed by atoms with E-state index in [0.717, 1.165) is 16.8 Å². The Labute approximate surface area is 125 Å².